The number of halogens is 1. The lowest BCUT2D eigenvalue weighted by Crippen LogP contribution is -2.34. The monoisotopic (exact) mass is 495 g/mol. The molecule has 2 aromatic carbocycles. The van der Waals surface area contributed by atoms with Gasteiger partial charge in [0.1, 0.15) is 11.6 Å². The third-order valence-corrected chi connectivity index (χ3v) is 6.94. The molecule has 7 nitrogen and oxygen atoms in total. The largest absolute Gasteiger partial charge is 0.496 e. The van der Waals surface area contributed by atoms with Crippen molar-refractivity contribution in [2.24, 2.45) is 11.8 Å². The number of carbonyl (C=O) groups is 1. The standard InChI is InChI=1S/C27H33N5O2.ClH/c1-34-24-9-5-3-7-22(24)26(33)29-17-19-12-14-20(15-13-19)30-27-31-23-8-4-2-6-21(23)25(32-27)28-16-18-10-11-18;/h2-9,18-20H,10-17H2,1H3,(H,29,33)(H2,28,30,31,32);1H. The first-order valence-corrected chi connectivity index (χ1v) is 12.4. The van der Waals surface area contributed by atoms with Crippen molar-refractivity contribution in [1.82, 2.24) is 15.3 Å². The van der Waals surface area contributed by atoms with Crippen LogP contribution in [0.1, 0.15) is 48.9 Å². The number of fused-ring (bicyclic) bond motifs is 1. The van der Waals surface area contributed by atoms with Crippen molar-refractivity contribution in [1.29, 1.82) is 0 Å². The van der Waals surface area contributed by atoms with Gasteiger partial charge in [-0.3, -0.25) is 4.79 Å². The molecule has 0 spiro atoms. The van der Waals surface area contributed by atoms with Crippen LogP contribution in [0.5, 0.6) is 5.75 Å². The smallest absolute Gasteiger partial charge is 0.255 e. The van der Waals surface area contributed by atoms with Gasteiger partial charge in [0.25, 0.3) is 5.91 Å². The highest BCUT2D eigenvalue weighted by Crippen LogP contribution is 2.31. The molecule has 1 amide bonds. The van der Waals surface area contributed by atoms with Gasteiger partial charge in [0.2, 0.25) is 5.95 Å². The number of hydrogen-bond acceptors (Lipinski definition) is 6. The van der Waals surface area contributed by atoms with Crippen LogP contribution in [-0.4, -0.2) is 42.1 Å². The normalized spacial score (nSPS) is 19.5. The zero-order chi connectivity index (χ0) is 23.3. The number of aromatic nitrogens is 2. The number of ether oxygens (including phenoxy) is 1. The number of methoxy groups -OCH3 is 1. The van der Waals surface area contributed by atoms with Crippen molar-refractivity contribution in [3.05, 3.63) is 54.1 Å². The number of nitrogens with zero attached hydrogens (tertiary/aromatic N) is 2. The zero-order valence-corrected chi connectivity index (χ0v) is 20.9. The van der Waals surface area contributed by atoms with E-state index in [-0.39, 0.29) is 18.3 Å². The molecule has 8 heteroatoms. The Morgan fingerprint density at radius 1 is 0.914 bits per heavy atom. The predicted octanol–water partition coefficient (Wildman–Crippen LogP) is 5.28. The average Bonchev–Trinajstić information content (AvgIpc) is 3.71. The van der Waals surface area contributed by atoms with Gasteiger partial charge in [-0.2, -0.15) is 4.98 Å². The first kappa shape index (κ1) is 25.0. The highest BCUT2D eigenvalue weighted by Gasteiger charge is 2.24. The summed E-state index contributed by atoms with van der Waals surface area (Å²) in [6.45, 7) is 1.66. The molecule has 0 saturated heterocycles. The zero-order valence-electron chi connectivity index (χ0n) is 20.1. The lowest BCUT2D eigenvalue weighted by atomic mass is 9.86. The van der Waals surface area contributed by atoms with E-state index in [1.165, 1.54) is 12.8 Å². The van der Waals surface area contributed by atoms with Gasteiger partial charge in [0, 0.05) is 24.5 Å². The number of rotatable bonds is 9. The second-order valence-electron chi connectivity index (χ2n) is 9.51. The molecule has 0 atom stereocenters. The summed E-state index contributed by atoms with van der Waals surface area (Å²) in [7, 11) is 1.59. The number of anilines is 2. The SMILES string of the molecule is COc1ccccc1C(=O)NCC1CCC(Nc2nc(NCC3CC3)c3ccccc3n2)CC1.Cl. The Hall–Kier alpha value is -3.06. The first-order chi connectivity index (χ1) is 16.7. The average molecular weight is 496 g/mol. The molecule has 1 heterocycles. The maximum Gasteiger partial charge on any atom is 0.255 e. The second-order valence-corrected chi connectivity index (χ2v) is 9.51. The molecule has 2 fully saturated rings. The number of hydrogen-bond donors (Lipinski definition) is 3. The molecule has 0 unspecified atom stereocenters. The van der Waals surface area contributed by atoms with Crippen LogP contribution in [0.2, 0.25) is 0 Å². The van der Waals surface area contributed by atoms with Crippen molar-refractivity contribution >= 4 is 41.0 Å². The van der Waals surface area contributed by atoms with E-state index < -0.39 is 0 Å². The van der Waals surface area contributed by atoms with Gasteiger partial charge >= 0.3 is 0 Å². The van der Waals surface area contributed by atoms with Gasteiger partial charge in [0.05, 0.1) is 18.2 Å². The van der Waals surface area contributed by atoms with Gasteiger partial charge in [-0.1, -0.05) is 24.3 Å². The number of carbonyl (C=O) groups excluding carboxylic acids is 1. The van der Waals surface area contributed by atoms with Crippen molar-refractivity contribution in [3.63, 3.8) is 0 Å². The predicted molar refractivity (Wildman–Crippen MR) is 143 cm³/mol. The Balaban J connectivity index is 0.00000289. The third kappa shape index (κ3) is 6.34. The van der Waals surface area contributed by atoms with Gasteiger partial charge in [0.15, 0.2) is 0 Å². The van der Waals surface area contributed by atoms with E-state index in [2.05, 4.69) is 22.0 Å². The molecule has 1 aromatic heterocycles. The lowest BCUT2D eigenvalue weighted by Gasteiger charge is -2.29. The van der Waals surface area contributed by atoms with Gasteiger partial charge < -0.3 is 20.7 Å². The fourth-order valence-electron chi connectivity index (χ4n) is 4.70. The summed E-state index contributed by atoms with van der Waals surface area (Å²) in [4.78, 5) is 22.2. The second kappa shape index (κ2) is 11.6. The summed E-state index contributed by atoms with van der Waals surface area (Å²) in [6, 6.07) is 15.9. The molecular formula is C27H34ClN5O2. The maximum absolute atomic E-state index is 12.6. The number of benzene rings is 2. The van der Waals surface area contributed by atoms with Crippen molar-refractivity contribution in [2.45, 2.75) is 44.6 Å². The Morgan fingerprint density at radius 2 is 1.60 bits per heavy atom. The van der Waals surface area contributed by atoms with Gasteiger partial charge in [-0.25, -0.2) is 4.98 Å². The summed E-state index contributed by atoms with van der Waals surface area (Å²) in [5, 5.41) is 11.3. The molecule has 2 aliphatic carbocycles. The third-order valence-electron chi connectivity index (χ3n) is 6.94. The Bertz CT molecular complexity index is 1150. The highest BCUT2D eigenvalue weighted by molar-refractivity contribution is 5.96. The van der Waals surface area contributed by atoms with Crippen molar-refractivity contribution < 1.29 is 9.53 Å². The fourth-order valence-corrected chi connectivity index (χ4v) is 4.70. The quantitative estimate of drug-likeness (QED) is 0.374. The van der Waals surface area contributed by atoms with E-state index in [1.54, 1.807) is 13.2 Å². The minimum Gasteiger partial charge on any atom is -0.496 e. The molecule has 186 valence electrons. The van der Waals surface area contributed by atoms with E-state index in [0.29, 0.717) is 35.8 Å². The van der Waals surface area contributed by atoms with Crippen LogP contribution in [0.25, 0.3) is 10.9 Å². The van der Waals surface area contributed by atoms with Crippen LogP contribution >= 0.6 is 12.4 Å². The summed E-state index contributed by atoms with van der Waals surface area (Å²) < 4.78 is 5.31. The molecule has 0 bridgehead atoms. The molecule has 3 N–H and O–H groups in total. The topological polar surface area (TPSA) is 88.2 Å². The Morgan fingerprint density at radius 3 is 2.37 bits per heavy atom. The van der Waals surface area contributed by atoms with Crippen LogP contribution in [0, 0.1) is 11.8 Å². The molecule has 5 rings (SSSR count). The fraction of sp³-hybridized carbons (Fsp3) is 0.444. The van der Waals surface area contributed by atoms with E-state index in [0.717, 1.165) is 54.9 Å². The summed E-state index contributed by atoms with van der Waals surface area (Å²) >= 11 is 0. The van der Waals surface area contributed by atoms with Crippen LogP contribution in [0.4, 0.5) is 11.8 Å². The van der Waals surface area contributed by atoms with E-state index >= 15 is 0 Å². The number of amides is 1. The first-order valence-electron chi connectivity index (χ1n) is 12.4. The Kier molecular flexibility index (Phi) is 8.29. The molecule has 2 saturated carbocycles. The molecule has 2 aliphatic rings. The maximum atomic E-state index is 12.6. The molecule has 0 aliphatic heterocycles. The summed E-state index contributed by atoms with van der Waals surface area (Å²) in [5.41, 5.74) is 1.55. The highest BCUT2D eigenvalue weighted by atomic mass is 35.5. The van der Waals surface area contributed by atoms with Gasteiger partial charge in [-0.05, 0) is 74.6 Å². The number of para-hydroxylation sites is 2. The van der Waals surface area contributed by atoms with E-state index in [1.807, 2.05) is 36.4 Å². The van der Waals surface area contributed by atoms with Crippen molar-refractivity contribution in [3.8, 4) is 5.75 Å². The molecule has 3 aromatic rings. The molecule has 35 heavy (non-hydrogen) atoms. The summed E-state index contributed by atoms with van der Waals surface area (Å²) in [6.07, 6.45) is 6.81. The van der Waals surface area contributed by atoms with E-state index in [9.17, 15) is 4.79 Å². The molecule has 0 radical (unpaired) electrons. The van der Waals surface area contributed by atoms with E-state index in [4.69, 9.17) is 14.7 Å². The minimum atomic E-state index is -0.0755. The molecular weight excluding hydrogens is 462 g/mol. The lowest BCUT2D eigenvalue weighted by molar-refractivity contribution is 0.0940. The van der Waals surface area contributed by atoms with Gasteiger partial charge in [-0.15, -0.1) is 12.4 Å². The number of nitrogens with one attached hydrogen (secondary N) is 3. The Labute approximate surface area is 212 Å². The van der Waals surface area contributed by atoms with Crippen LogP contribution < -0.4 is 20.7 Å². The minimum absolute atomic E-state index is 0. The van der Waals surface area contributed by atoms with Crippen LogP contribution in [0.15, 0.2) is 48.5 Å². The van der Waals surface area contributed by atoms with Crippen molar-refractivity contribution in [2.75, 3.05) is 30.8 Å². The van der Waals surface area contributed by atoms with Crippen LogP contribution in [-0.2, 0) is 0 Å². The van der Waals surface area contributed by atoms with Crippen LogP contribution in [0.3, 0.4) is 0 Å². The summed E-state index contributed by atoms with van der Waals surface area (Å²) in [5.74, 6) is 3.41.